The number of rotatable bonds is 6. The highest BCUT2D eigenvalue weighted by atomic mass is 35.5. The van der Waals surface area contributed by atoms with Crippen molar-refractivity contribution in [1.82, 2.24) is 0 Å². The number of carbonyl (C=O) groups is 1. The van der Waals surface area contributed by atoms with Gasteiger partial charge in [0.25, 0.3) is 0 Å². The molecule has 0 saturated heterocycles. The summed E-state index contributed by atoms with van der Waals surface area (Å²) in [5.41, 5.74) is 2.23. The zero-order valence-electron chi connectivity index (χ0n) is 10.6. The highest BCUT2D eigenvalue weighted by Crippen LogP contribution is 2.16. The molecular formula is C13H18ClNO3. The fourth-order valence-corrected chi connectivity index (χ4v) is 1.61. The highest BCUT2D eigenvalue weighted by molar-refractivity contribution is 6.18. The standard InChI is InChI=1S/C13H18ClNO3/c1-3-18-13(17)12-5-4-10(6-9(12)2)15-8-11(16)7-14/h4-6,11,15-16H,3,7-8H2,1-2H3. The van der Waals surface area contributed by atoms with E-state index in [4.69, 9.17) is 16.3 Å². The van der Waals surface area contributed by atoms with Crippen molar-refractivity contribution in [1.29, 1.82) is 0 Å². The molecule has 1 aromatic rings. The van der Waals surface area contributed by atoms with Gasteiger partial charge in [0.05, 0.1) is 24.2 Å². The Morgan fingerprint density at radius 2 is 2.28 bits per heavy atom. The highest BCUT2D eigenvalue weighted by Gasteiger charge is 2.10. The lowest BCUT2D eigenvalue weighted by Crippen LogP contribution is -2.20. The number of nitrogens with one attached hydrogen (secondary N) is 1. The molecule has 0 spiro atoms. The van der Waals surface area contributed by atoms with Crippen LogP contribution in [0, 0.1) is 6.92 Å². The van der Waals surface area contributed by atoms with Gasteiger partial charge in [-0.2, -0.15) is 0 Å². The molecule has 0 aliphatic carbocycles. The number of benzene rings is 1. The molecule has 100 valence electrons. The Morgan fingerprint density at radius 1 is 1.56 bits per heavy atom. The monoisotopic (exact) mass is 271 g/mol. The third-order valence-electron chi connectivity index (χ3n) is 2.44. The number of ether oxygens (including phenoxy) is 1. The van der Waals surface area contributed by atoms with Crippen molar-refractivity contribution in [2.24, 2.45) is 0 Å². The summed E-state index contributed by atoms with van der Waals surface area (Å²) in [4.78, 5) is 11.6. The van der Waals surface area contributed by atoms with Gasteiger partial charge in [-0.25, -0.2) is 4.79 Å². The predicted molar refractivity (Wildman–Crippen MR) is 72.4 cm³/mol. The van der Waals surface area contributed by atoms with Gasteiger partial charge in [0, 0.05) is 12.2 Å². The van der Waals surface area contributed by atoms with Crippen molar-refractivity contribution in [3.63, 3.8) is 0 Å². The minimum atomic E-state index is -0.586. The van der Waals surface area contributed by atoms with Crippen LogP contribution in [0.15, 0.2) is 18.2 Å². The number of halogens is 1. The second kappa shape index (κ2) is 7.24. The van der Waals surface area contributed by atoms with E-state index < -0.39 is 6.10 Å². The minimum absolute atomic E-state index is 0.187. The van der Waals surface area contributed by atoms with Crippen LogP contribution in [0.25, 0.3) is 0 Å². The van der Waals surface area contributed by atoms with Crippen LogP contribution in [0.5, 0.6) is 0 Å². The van der Waals surface area contributed by atoms with E-state index in [9.17, 15) is 9.90 Å². The van der Waals surface area contributed by atoms with Crippen LogP contribution in [0.1, 0.15) is 22.8 Å². The Bertz CT molecular complexity index is 409. The summed E-state index contributed by atoms with van der Waals surface area (Å²) < 4.78 is 4.95. The van der Waals surface area contributed by atoms with E-state index in [1.54, 1.807) is 19.1 Å². The maximum atomic E-state index is 11.6. The SMILES string of the molecule is CCOC(=O)c1ccc(NCC(O)CCl)cc1C. The summed E-state index contributed by atoms with van der Waals surface area (Å²) in [6.07, 6.45) is -0.586. The van der Waals surface area contributed by atoms with E-state index in [0.717, 1.165) is 11.3 Å². The summed E-state index contributed by atoms with van der Waals surface area (Å²) in [6.45, 7) is 4.36. The van der Waals surface area contributed by atoms with E-state index in [0.29, 0.717) is 18.7 Å². The number of carbonyl (C=O) groups excluding carboxylic acids is 1. The molecular weight excluding hydrogens is 254 g/mol. The maximum Gasteiger partial charge on any atom is 0.338 e. The molecule has 0 heterocycles. The molecule has 0 saturated carbocycles. The smallest absolute Gasteiger partial charge is 0.338 e. The van der Waals surface area contributed by atoms with Gasteiger partial charge in [-0.3, -0.25) is 0 Å². The van der Waals surface area contributed by atoms with Gasteiger partial charge in [-0.05, 0) is 37.6 Å². The van der Waals surface area contributed by atoms with Crippen LogP contribution in [-0.2, 0) is 4.74 Å². The third-order valence-corrected chi connectivity index (χ3v) is 2.80. The number of aryl methyl sites for hydroxylation is 1. The Morgan fingerprint density at radius 3 is 2.83 bits per heavy atom. The van der Waals surface area contributed by atoms with Crippen molar-refractivity contribution >= 4 is 23.3 Å². The molecule has 1 atom stereocenters. The van der Waals surface area contributed by atoms with Crippen LogP contribution >= 0.6 is 11.6 Å². The number of esters is 1. The Hall–Kier alpha value is -1.26. The number of anilines is 1. The van der Waals surface area contributed by atoms with Gasteiger partial charge >= 0.3 is 5.97 Å². The molecule has 1 unspecified atom stereocenters. The van der Waals surface area contributed by atoms with Crippen LogP contribution in [-0.4, -0.2) is 36.2 Å². The first-order chi connectivity index (χ1) is 8.58. The molecule has 0 aliphatic rings. The largest absolute Gasteiger partial charge is 0.462 e. The Labute approximate surface area is 112 Å². The van der Waals surface area contributed by atoms with E-state index in [-0.39, 0.29) is 11.8 Å². The average Bonchev–Trinajstić information content (AvgIpc) is 2.36. The molecule has 0 aliphatic heterocycles. The zero-order chi connectivity index (χ0) is 13.5. The van der Waals surface area contributed by atoms with Gasteiger partial charge in [-0.15, -0.1) is 11.6 Å². The summed E-state index contributed by atoms with van der Waals surface area (Å²) in [6, 6.07) is 5.33. The lowest BCUT2D eigenvalue weighted by atomic mass is 10.1. The topological polar surface area (TPSA) is 58.6 Å². The Balaban J connectivity index is 2.70. The fourth-order valence-electron chi connectivity index (χ4n) is 1.50. The summed E-state index contributed by atoms with van der Waals surface area (Å²) in [7, 11) is 0. The quantitative estimate of drug-likeness (QED) is 0.615. The molecule has 0 fully saturated rings. The second-order valence-corrected chi connectivity index (χ2v) is 4.25. The molecule has 0 aromatic heterocycles. The fraction of sp³-hybridized carbons (Fsp3) is 0.462. The number of aliphatic hydroxyl groups is 1. The van der Waals surface area contributed by atoms with Gasteiger partial charge in [0.2, 0.25) is 0 Å². The van der Waals surface area contributed by atoms with Crippen molar-refractivity contribution in [2.75, 3.05) is 24.3 Å². The molecule has 1 rings (SSSR count). The van der Waals surface area contributed by atoms with E-state index in [2.05, 4.69) is 5.32 Å². The summed E-state index contributed by atoms with van der Waals surface area (Å²) >= 11 is 5.50. The van der Waals surface area contributed by atoms with Crippen LogP contribution in [0.2, 0.25) is 0 Å². The first kappa shape index (κ1) is 14.8. The normalized spacial score (nSPS) is 12.0. The number of hydrogen-bond donors (Lipinski definition) is 2. The third kappa shape index (κ3) is 4.20. The van der Waals surface area contributed by atoms with Crippen LogP contribution < -0.4 is 5.32 Å². The van der Waals surface area contributed by atoms with Gasteiger partial charge < -0.3 is 15.2 Å². The van der Waals surface area contributed by atoms with E-state index in [1.807, 2.05) is 13.0 Å². The molecule has 2 N–H and O–H groups in total. The number of alkyl halides is 1. The minimum Gasteiger partial charge on any atom is -0.462 e. The lowest BCUT2D eigenvalue weighted by molar-refractivity contribution is 0.0525. The van der Waals surface area contributed by atoms with E-state index in [1.165, 1.54) is 0 Å². The van der Waals surface area contributed by atoms with Gasteiger partial charge in [0.15, 0.2) is 0 Å². The second-order valence-electron chi connectivity index (χ2n) is 3.94. The average molecular weight is 272 g/mol. The molecule has 0 bridgehead atoms. The maximum absolute atomic E-state index is 11.6. The van der Waals surface area contributed by atoms with Crippen LogP contribution in [0.4, 0.5) is 5.69 Å². The molecule has 0 radical (unpaired) electrons. The molecule has 5 heteroatoms. The van der Waals surface area contributed by atoms with Crippen molar-refractivity contribution in [3.8, 4) is 0 Å². The predicted octanol–water partition coefficient (Wildman–Crippen LogP) is 2.18. The molecule has 4 nitrogen and oxygen atoms in total. The lowest BCUT2D eigenvalue weighted by Gasteiger charge is -2.12. The van der Waals surface area contributed by atoms with Gasteiger partial charge in [0.1, 0.15) is 0 Å². The number of hydrogen-bond acceptors (Lipinski definition) is 4. The molecule has 0 amide bonds. The molecule has 18 heavy (non-hydrogen) atoms. The first-order valence-electron chi connectivity index (χ1n) is 5.84. The number of aliphatic hydroxyl groups excluding tert-OH is 1. The van der Waals surface area contributed by atoms with Crippen molar-refractivity contribution in [3.05, 3.63) is 29.3 Å². The van der Waals surface area contributed by atoms with Crippen LogP contribution in [0.3, 0.4) is 0 Å². The Kier molecular flexibility index (Phi) is 5.95. The van der Waals surface area contributed by atoms with Crippen molar-refractivity contribution in [2.45, 2.75) is 20.0 Å². The van der Waals surface area contributed by atoms with Crippen molar-refractivity contribution < 1.29 is 14.6 Å². The molecule has 1 aromatic carbocycles. The van der Waals surface area contributed by atoms with E-state index >= 15 is 0 Å². The first-order valence-corrected chi connectivity index (χ1v) is 6.37. The summed E-state index contributed by atoms with van der Waals surface area (Å²) in [5.74, 6) is -0.130. The summed E-state index contributed by atoms with van der Waals surface area (Å²) in [5, 5.41) is 12.4. The van der Waals surface area contributed by atoms with Gasteiger partial charge in [-0.1, -0.05) is 0 Å². The zero-order valence-corrected chi connectivity index (χ0v) is 11.3.